The van der Waals surface area contributed by atoms with E-state index in [1.807, 2.05) is 30.3 Å². The second kappa shape index (κ2) is 4.52. The molecule has 6 heteroatoms. The van der Waals surface area contributed by atoms with Gasteiger partial charge in [-0.25, -0.2) is 13.2 Å². The van der Waals surface area contributed by atoms with Crippen LogP contribution in [-0.2, 0) is 21.2 Å². The highest BCUT2D eigenvalue weighted by Gasteiger charge is 2.50. The number of nitrogens with zero attached hydrogens (tertiary/aromatic N) is 1. The summed E-state index contributed by atoms with van der Waals surface area (Å²) in [5.74, 6) is 0.0815. The van der Waals surface area contributed by atoms with Gasteiger partial charge in [-0.15, -0.1) is 0 Å². The quantitative estimate of drug-likeness (QED) is 0.817. The number of sulfone groups is 1. The summed E-state index contributed by atoms with van der Waals surface area (Å²) in [6, 6.07) is 9.23. The zero-order chi connectivity index (χ0) is 13.5. The molecule has 2 bridgehead atoms. The number of likely N-dealkylation sites (tertiary alicyclic amines) is 1. The Morgan fingerprint density at radius 3 is 2.63 bits per heavy atom. The molecule has 2 unspecified atom stereocenters. The van der Waals surface area contributed by atoms with Crippen molar-refractivity contribution in [3.63, 3.8) is 0 Å². The minimum absolute atomic E-state index is 0.0815. The van der Waals surface area contributed by atoms with E-state index in [-0.39, 0.29) is 30.2 Å². The average molecular weight is 281 g/mol. The van der Waals surface area contributed by atoms with Crippen molar-refractivity contribution < 1.29 is 17.9 Å². The zero-order valence-corrected chi connectivity index (χ0v) is 11.2. The Bertz CT molecular complexity index is 584. The molecule has 0 N–H and O–H groups in total. The van der Waals surface area contributed by atoms with Gasteiger partial charge in [0.2, 0.25) is 0 Å². The van der Waals surface area contributed by atoms with E-state index in [2.05, 4.69) is 0 Å². The first-order chi connectivity index (χ1) is 9.06. The molecule has 2 heterocycles. The lowest BCUT2D eigenvalue weighted by Crippen LogP contribution is -2.44. The van der Waals surface area contributed by atoms with Crippen molar-refractivity contribution in [3.05, 3.63) is 35.9 Å². The first-order valence-corrected chi connectivity index (χ1v) is 7.97. The number of hydrogen-bond donors (Lipinski definition) is 0. The Hall–Kier alpha value is -1.56. The van der Waals surface area contributed by atoms with Gasteiger partial charge in [-0.05, 0) is 12.0 Å². The molecule has 0 spiro atoms. The fourth-order valence-corrected chi connectivity index (χ4v) is 4.75. The van der Waals surface area contributed by atoms with Crippen LogP contribution in [0.4, 0.5) is 4.79 Å². The third-order valence-corrected chi connectivity index (χ3v) is 5.95. The molecule has 3 rings (SSSR count). The minimum atomic E-state index is -2.97. The van der Waals surface area contributed by atoms with Crippen molar-refractivity contribution >= 4 is 15.9 Å². The predicted molar refractivity (Wildman–Crippen MR) is 69.3 cm³/mol. The highest BCUT2D eigenvalue weighted by molar-refractivity contribution is 7.92. The zero-order valence-electron chi connectivity index (χ0n) is 10.4. The molecule has 0 saturated carbocycles. The maximum Gasteiger partial charge on any atom is 0.410 e. The summed E-state index contributed by atoms with van der Waals surface area (Å²) in [7, 11) is -2.97. The van der Waals surface area contributed by atoms with Crippen molar-refractivity contribution in [1.82, 2.24) is 4.90 Å². The van der Waals surface area contributed by atoms with Gasteiger partial charge < -0.3 is 9.64 Å². The van der Waals surface area contributed by atoms with Crippen molar-refractivity contribution in [2.45, 2.75) is 24.3 Å². The van der Waals surface area contributed by atoms with Crippen LogP contribution in [-0.4, -0.2) is 43.0 Å². The summed E-state index contributed by atoms with van der Waals surface area (Å²) in [4.78, 5) is 13.5. The monoisotopic (exact) mass is 281 g/mol. The Morgan fingerprint density at radius 2 is 2.05 bits per heavy atom. The molecular weight excluding hydrogens is 266 g/mol. The van der Waals surface area contributed by atoms with Gasteiger partial charge in [-0.3, -0.25) is 0 Å². The van der Waals surface area contributed by atoms with Crippen molar-refractivity contribution in [3.8, 4) is 0 Å². The van der Waals surface area contributed by atoms with E-state index in [1.54, 1.807) is 4.90 Å². The number of fused-ring (bicyclic) bond motifs is 2. The summed E-state index contributed by atoms with van der Waals surface area (Å²) in [5, 5.41) is -0.387. The van der Waals surface area contributed by atoms with Crippen LogP contribution >= 0.6 is 0 Å². The third-order valence-electron chi connectivity index (χ3n) is 3.75. The number of hydrogen-bond acceptors (Lipinski definition) is 4. The van der Waals surface area contributed by atoms with Gasteiger partial charge >= 0.3 is 6.09 Å². The van der Waals surface area contributed by atoms with E-state index in [0.717, 1.165) is 5.56 Å². The van der Waals surface area contributed by atoms with Crippen LogP contribution in [0.1, 0.15) is 12.0 Å². The van der Waals surface area contributed by atoms with E-state index < -0.39 is 15.9 Å². The fourth-order valence-electron chi connectivity index (χ4n) is 2.72. The van der Waals surface area contributed by atoms with Gasteiger partial charge in [0.15, 0.2) is 9.84 Å². The van der Waals surface area contributed by atoms with Gasteiger partial charge in [0.1, 0.15) is 6.61 Å². The number of carbonyl (C=O) groups is 1. The summed E-state index contributed by atoms with van der Waals surface area (Å²) in [5.41, 5.74) is 0.924. The van der Waals surface area contributed by atoms with Gasteiger partial charge in [0.05, 0.1) is 17.0 Å². The fraction of sp³-hybridized carbons (Fsp3) is 0.462. The first-order valence-electron chi connectivity index (χ1n) is 6.25. The number of rotatable bonds is 2. The smallest absolute Gasteiger partial charge is 0.410 e. The lowest BCUT2D eigenvalue weighted by molar-refractivity contribution is 0.0941. The largest absolute Gasteiger partial charge is 0.445 e. The number of carbonyl (C=O) groups excluding carboxylic acids is 1. The molecule has 1 aromatic rings. The number of amides is 1. The molecule has 0 radical (unpaired) electrons. The van der Waals surface area contributed by atoms with E-state index in [0.29, 0.717) is 6.42 Å². The topological polar surface area (TPSA) is 63.7 Å². The highest BCUT2D eigenvalue weighted by Crippen LogP contribution is 2.33. The maximum atomic E-state index is 11.9. The van der Waals surface area contributed by atoms with Gasteiger partial charge in [0.25, 0.3) is 0 Å². The standard InChI is InChI=1S/C13H15NO4S/c15-13(18-8-10-4-2-1-3-5-10)14-7-12-6-11(14)9-19(12,16)17/h1-5,11-12H,6-9H2. The summed E-state index contributed by atoms with van der Waals surface area (Å²) in [6.07, 6.45) is 0.147. The Morgan fingerprint density at radius 1 is 1.32 bits per heavy atom. The molecule has 102 valence electrons. The molecule has 2 aliphatic heterocycles. The van der Waals surface area contributed by atoms with E-state index in [9.17, 15) is 13.2 Å². The molecule has 1 aromatic carbocycles. The molecule has 2 atom stereocenters. The van der Waals surface area contributed by atoms with Crippen molar-refractivity contribution in [2.75, 3.05) is 12.3 Å². The Balaban J connectivity index is 1.59. The van der Waals surface area contributed by atoms with Gasteiger partial charge in [-0.2, -0.15) is 0 Å². The molecule has 2 fully saturated rings. The van der Waals surface area contributed by atoms with Crippen molar-refractivity contribution in [2.24, 2.45) is 0 Å². The predicted octanol–water partition coefficient (Wildman–Crippen LogP) is 1.19. The van der Waals surface area contributed by atoms with E-state index in [4.69, 9.17) is 4.74 Å². The van der Waals surface area contributed by atoms with E-state index >= 15 is 0 Å². The molecule has 1 amide bonds. The maximum absolute atomic E-state index is 11.9. The molecule has 19 heavy (non-hydrogen) atoms. The molecule has 0 aliphatic carbocycles. The lowest BCUT2D eigenvalue weighted by atomic mass is 10.2. The second-order valence-electron chi connectivity index (χ2n) is 5.03. The Labute approximate surface area is 112 Å². The van der Waals surface area contributed by atoms with Crippen LogP contribution in [0.5, 0.6) is 0 Å². The van der Waals surface area contributed by atoms with Gasteiger partial charge in [0, 0.05) is 6.54 Å². The minimum Gasteiger partial charge on any atom is -0.445 e. The van der Waals surface area contributed by atoms with Crippen LogP contribution in [0.2, 0.25) is 0 Å². The third kappa shape index (κ3) is 2.32. The van der Waals surface area contributed by atoms with Crippen molar-refractivity contribution in [1.29, 1.82) is 0 Å². The van der Waals surface area contributed by atoms with Crippen LogP contribution in [0.15, 0.2) is 30.3 Å². The lowest BCUT2D eigenvalue weighted by Gasteiger charge is -2.25. The molecular formula is C13H15NO4S. The second-order valence-corrected chi connectivity index (χ2v) is 7.36. The SMILES string of the molecule is O=C(OCc1ccccc1)N1CC2CC1CS2(=O)=O. The van der Waals surface area contributed by atoms with Crippen LogP contribution in [0.25, 0.3) is 0 Å². The molecule has 0 aromatic heterocycles. The number of ether oxygens (including phenoxy) is 1. The van der Waals surface area contributed by atoms with E-state index in [1.165, 1.54) is 0 Å². The molecule has 2 aliphatic rings. The van der Waals surface area contributed by atoms with Crippen LogP contribution < -0.4 is 0 Å². The molecule has 2 saturated heterocycles. The summed E-state index contributed by atoms with van der Waals surface area (Å²) < 4.78 is 28.4. The van der Waals surface area contributed by atoms with Crippen LogP contribution in [0, 0.1) is 0 Å². The Kier molecular flexibility index (Phi) is 2.97. The molecule has 5 nitrogen and oxygen atoms in total. The normalized spacial score (nSPS) is 27.5. The van der Waals surface area contributed by atoms with Gasteiger partial charge in [-0.1, -0.05) is 30.3 Å². The summed E-state index contributed by atoms with van der Waals surface area (Å²) >= 11 is 0. The van der Waals surface area contributed by atoms with Crippen LogP contribution in [0.3, 0.4) is 0 Å². The highest BCUT2D eigenvalue weighted by atomic mass is 32.2. The first kappa shape index (κ1) is 12.5. The average Bonchev–Trinajstić information content (AvgIpc) is 2.93. The summed E-state index contributed by atoms with van der Waals surface area (Å²) in [6.45, 7) is 0.501. The number of benzene rings is 1.